The first kappa shape index (κ1) is 21.6. The highest BCUT2D eigenvalue weighted by atomic mass is 32.2. The average molecular weight is 461 g/mol. The number of pyridine rings is 1. The Labute approximate surface area is 179 Å². The van der Waals surface area contributed by atoms with Crippen molar-refractivity contribution in [2.45, 2.75) is 17.9 Å². The highest BCUT2D eigenvalue weighted by Gasteiger charge is 2.35. The minimum Gasteiger partial charge on any atom is -0.310 e. The quantitative estimate of drug-likeness (QED) is 0.430. The lowest BCUT2D eigenvalue weighted by atomic mass is 10.1. The number of halogens is 3. The minimum absolute atomic E-state index is 0.106. The molecule has 0 fully saturated rings. The van der Waals surface area contributed by atoms with E-state index >= 15 is 0 Å². The maximum absolute atomic E-state index is 13.3. The molecule has 0 radical (unpaired) electrons. The van der Waals surface area contributed by atoms with E-state index in [0.717, 1.165) is 6.26 Å². The Hall–Kier alpha value is -3.67. The molecule has 0 aliphatic heterocycles. The molecule has 3 heterocycles. The van der Waals surface area contributed by atoms with Gasteiger partial charge in [-0.25, -0.2) is 18.4 Å². The van der Waals surface area contributed by atoms with Crippen LogP contribution in [-0.4, -0.2) is 39.2 Å². The maximum Gasteiger partial charge on any atom is 0.433 e. The van der Waals surface area contributed by atoms with Gasteiger partial charge in [-0.2, -0.15) is 13.2 Å². The zero-order valence-electron chi connectivity index (χ0n) is 16.4. The van der Waals surface area contributed by atoms with Gasteiger partial charge in [-0.3, -0.25) is 14.8 Å². The number of sulfone groups is 1. The van der Waals surface area contributed by atoms with Crippen molar-refractivity contribution in [2.24, 2.45) is 0 Å². The van der Waals surface area contributed by atoms with Crippen LogP contribution in [0, 0.1) is 0 Å². The topological polar surface area (TPSA) is 108 Å². The van der Waals surface area contributed by atoms with E-state index in [0.29, 0.717) is 22.7 Å². The van der Waals surface area contributed by atoms with Crippen LogP contribution in [0.1, 0.15) is 11.3 Å². The molecule has 164 valence electrons. The molecule has 0 N–H and O–H groups in total. The SMILES string of the molecule is CS(=O)(=O)c1nc(-c2ccc(=O)n(Cc3ccc4nccnc4c3)c2)cc(C(F)(F)F)n1. The van der Waals surface area contributed by atoms with E-state index in [1.807, 2.05) is 0 Å². The molecule has 12 heteroatoms. The van der Waals surface area contributed by atoms with Crippen molar-refractivity contribution < 1.29 is 21.6 Å². The second-order valence-corrected chi connectivity index (χ2v) is 8.86. The average Bonchev–Trinajstić information content (AvgIpc) is 2.73. The summed E-state index contributed by atoms with van der Waals surface area (Å²) in [6, 6.07) is 8.33. The smallest absolute Gasteiger partial charge is 0.310 e. The predicted molar refractivity (Wildman–Crippen MR) is 108 cm³/mol. The second-order valence-electron chi connectivity index (χ2n) is 6.95. The number of alkyl halides is 3. The van der Waals surface area contributed by atoms with Gasteiger partial charge >= 0.3 is 6.18 Å². The summed E-state index contributed by atoms with van der Waals surface area (Å²) in [6.07, 6.45) is 0.245. The standard InChI is InChI=1S/C20H14F3N5O3S/c1-32(30,31)19-26-15(9-17(27-19)20(21,22)23)13-3-5-18(29)28(11-13)10-12-2-4-14-16(8-12)25-7-6-24-14/h2-9,11H,10H2,1H3. The van der Waals surface area contributed by atoms with Gasteiger partial charge in [0, 0.05) is 36.5 Å². The molecule has 0 saturated carbocycles. The van der Waals surface area contributed by atoms with Crippen molar-refractivity contribution >= 4 is 20.9 Å². The number of benzene rings is 1. The van der Waals surface area contributed by atoms with Crippen LogP contribution >= 0.6 is 0 Å². The molecular formula is C20H14F3N5O3S. The molecule has 0 bridgehead atoms. The third-order valence-electron chi connectivity index (χ3n) is 4.49. The molecule has 0 saturated heterocycles. The summed E-state index contributed by atoms with van der Waals surface area (Å²) < 4.78 is 64.7. The highest BCUT2D eigenvalue weighted by molar-refractivity contribution is 7.90. The fraction of sp³-hybridized carbons (Fsp3) is 0.150. The van der Waals surface area contributed by atoms with Gasteiger partial charge in [0.1, 0.15) is 5.69 Å². The van der Waals surface area contributed by atoms with Crippen molar-refractivity contribution in [2.75, 3.05) is 6.26 Å². The van der Waals surface area contributed by atoms with Crippen LogP contribution in [0.2, 0.25) is 0 Å². The van der Waals surface area contributed by atoms with Crippen LogP contribution in [0.5, 0.6) is 0 Å². The summed E-state index contributed by atoms with van der Waals surface area (Å²) in [7, 11) is -4.11. The lowest BCUT2D eigenvalue weighted by molar-refractivity contribution is -0.141. The van der Waals surface area contributed by atoms with Crippen LogP contribution in [0.3, 0.4) is 0 Å². The summed E-state index contributed by atoms with van der Waals surface area (Å²) in [6.45, 7) is 0.106. The number of rotatable bonds is 4. The van der Waals surface area contributed by atoms with Crippen molar-refractivity contribution in [1.29, 1.82) is 0 Å². The third kappa shape index (κ3) is 4.49. The number of hydrogen-bond donors (Lipinski definition) is 0. The van der Waals surface area contributed by atoms with E-state index in [9.17, 15) is 26.4 Å². The highest BCUT2D eigenvalue weighted by Crippen LogP contribution is 2.30. The molecular weight excluding hydrogens is 447 g/mol. The first-order valence-corrected chi connectivity index (χ1v) is 11.0. The molecule has 3 aromatic heterocycles. The Morgan fingerprint density at radius 1 is 0.969 bits per heavy atom. The van der Waals surface area contributed by atoms with Gasteiger partial charge in [-0.1, -0.05) is 6.07 Å². The fourth-order valence-electron chi connectivity index (χ4n) is 2.99. The summed E-state index contributed by atoms with van der Waals surface area (Å²) in [5, 5.41) is -0.951. The Balaban J connectivity index is 1.79. The van der Waals surface area contributed by atoms with E-state index in [1.54, 1.807) is 24.4 Å². The van der Waals surface area contributed by atoms with E-state index in [1.165, 1.54) is 29.1 Å². The van der Waals surface area contributed by atoms with E-state index < -0.39 is 32.4 Å². The molecule has 0 unspecified atom stereocenters. The molecule has 4 rings (SSSR count). The third-order valence-corrected chi connectivity index (χ3v) is 5.34. The van der Waals surface area contributed by atoms with Crippen molar-refractivity contribution in [1.82, 2.24) is 24.5 Å². The maximum atomic E-state index is 13.3. The molecule has 0 spiro atoms. The summed E-state index contributed by atoms with van der Waals surface area (Å²) in [4.78, 5) is 27.6. The largest absolute Gasteiger partial charge is 0.433 e. The first-order chi connectivity index (χ1) is 15.0. The van der Waals surface area contributed by atoms with Gasteiger partial charge in [-0.05, 0) is 29.8 Å². The Morgan fingerprint density at radius 3 is 2.38 bits per heavy atom. The van der Waals surface area contributed by atoms with E-state index in [4.69, 9.17) is 0 Å². The van der Waals surface area contributed by atoms with Crippen molar-refractivity contribution in [3.8, 4) is 11.3 Å². The monoisotopic (exact) mass is 461 g/mol. The van der Waals surface area contributed by atoms with Crippen LogP contribution in [0.15, 0.2) is 64.9 Å². The molecule has 1 aromatic carbocycles. The van der Waals surface area contributed by atoms with Crippen LogP contribution in [0.25, 0.3) is 22.3 Å². The molecule has 32 heavy (non-hydrogen) atoms. The normalized spacial score (nSPS) is 12.2. The van der Waals surface area contributed by atoms with Gasteiger partial charge in [0.25, 0.3) is 5.56 Å². The Bertz CT molecular complexity index is 1500. The Kier molecular flexibility index (Phi) is 5.25. The van der Waals surface area contributed by atoms with Crippen molar-refractivity contribution in [3.05, 3.63) is 76.6 Å². The van der Waals surface area contributed by atoms with Gasteiger partial charge < -0.3 is 4.57 Å². The number of fused-ring (bicyclic) bond motifs is 1. The van der Waals surface area contributed by atoms with Crippen molar-refractivity contribution in [3.63, 3.8) is 0 Å². The minimum atomic E-state index is -4.88. The van der Waals surface area contributed by atoms with Gasteiger partial charge in [0.2, 0.25) is 15.0 Å². The predicted octanol–water partition coefficient (Wildman–Crippen LogP) is 2.72. The molecule has 0 atom stereocenters. The van der Waals surface area contributed by atoms with Crippen LogP contribution in [0.4, 0.5) is 13.2 Å². The molecule has 8 nitrogen and oxygen atoms in total. The summed E-state index contributed by atoms with van der Waals surface area (Å²) in [5.74, 6) is 0. The lowest BCUT2D eigenvalue weighted by Gasteiger charge is -2.12. The molecule has 4 aromatic rings. The number of aromatic nitrogens is 5. The van der Waals surface area contributed by atoms with E-state index in [-0.39, 0.29) is 17.8 Å². The number of hydrogen-bond acceptors (Lipinski definition) is 7. The van der Waals surface area contributed by atoms with Crippen LogP contribution in [-0.2, 0) is 22.6 Å². The molecule has 0 aliphatic rings. The first-order valence-electron chi connectivity index (χ1n) is 9.07. The zero-order valence-corrected chi connectivity index (χ0v) is 17.2. The number of nitrogens with zero attached hydrogens (tertiary/aromatic N) is 5. The zero-order chi connectivity index (χ0) is 23.1. The van der Waals surface area contributed by atoms with Gasteiger partial charge in [0.15, 0.2) is 0 Å². The fourth-order valence-corrected chi connectivity index (χ4v) is 3.52. The van der Waals surface area contributed by atoms with Gasteiger partial charge in [-0.15, -0.1) is 0 Å². The molecule has 0 amide bonds. The van der Waals surface area contributed by atoms with Gasteiger partial charge in [0.05, 0.1) is 23.3 Å². The second kappa shape index (κ2) is 7.79. The molecule has 0 aliphatic carbocycles. The van der Waals surface area contributed by atoms with E-state index in [2.05, 4.69) is 19.9 Å². The lowest BCUT2D eigenvalue weighted by Crippen LogP contribution is -2.19. The summed E-state index contributed by atoms with van der Waals surface area (Å²) >= 11 is 0. The summed E-state index contributed by atoms with van der Waals surface area (Å²) in [5.41, 5.74) is 0.0701. The van der Waals surface area contributed by atoms with Crippen LogP contribution < -0.4 is 5.56 Å². The Morgan fingerprint density at radius 2 is 1.69 bits per heavy atom.